The summed E-state index contributed by atoms with van der Waals surface area (Å²) in [7, 11) is 0. The summed E-state index contributed by atoms with van der Waals surface area (Å²) in [4.78, 5) is 9.15. The lowest BCUT2D eigenvalue weighted by atomic mass is 10.2. The number of ether oxygens (including phenoxy) is 1. The fourth-order valence-corrected chi connectivity index (χ4v) is 3.38. The van der Waals surface area contributed by atoms with Crippen LogP contribution in [0.2, 0.25) is 0 Å². The average Bonchev–Trinajstić information content (AvgIpc) is 3.28. The van der Waals surface area contributed by atoms with Crippen molar-refractivity contribution in [3.05, 3.63) is 82.3 Å². The summed E-state index contributed by atoms with van der Waals surface area (Å²) in [5.74, 6) is 1.89. The highest BCUT2D eigenvalue weighted by Crippen LogP contribution is 2.20. The Morgan fingerprint density at radius 1 is 1.04 bits per heavy atom. The van der Waals surface area contributed by atoms with Gasteiger partial charge in [0.2, 0.25) is 0 Å². The maximum absolute atomic E-state index is 12.9. The Hall–Kier alpha value is -3.06. The zero-order chi connectivity index (χ0) is 18.6. The van der Waals surface area contributed by atoms with Crippen molar-refractivity contribution in [3.8, 4) is 17.1 Å². The Morgan fingerprint density at radius 2 is 1.81 bits per heavy atom. The number of hydrogen-bond acceptors (Lipinski definition) is 5. The minimum absolute atomic E-state index is 0.281. The van der Waals surface area contributed by atoms with E-state index in [1.165, 1.54) is 23.5 Å². The summed E-state index contributed by atoms with van der Waals surface area (Å²) >= 11 is 1.53. The smallest absolute Gasteiger partial charge is 0.158 e. The van der Waals surface area contributed by atoms with Gasteiger partial charge in [-0.2, -0.15) is 5.10 Å². The molecule has 0 unspecified atom stereocenters. The van der Waals surface area contributed by atoms with Gasteiger partial charge in [-0.25, -0.2) is 19.0 Å². The second-order valence-electron chi connectivity index (χ2n) is 5.98. The first-order valence-electron chi connectivity index (χ1n) is 8.46. The normalized spacial score (nSPS) is 10.9. The van der Waals surface area contributed by atoms with Gasteiger partial charge in [0.15, 0.2) is 5.82 Å². The highest BCUT2D eigenvalue weighted by molar-refractivity contribution is 7.09. The first kappa shape index (κ1) is 17.4. The maximum Gasteiger partial charge on any atom is 0.158 e. The quantitative estimate of drug-likeness (QED) is 0.495. The fraction of sp³-hybridized carbons (Fsp3) is 0.150. The lowest BCUT2D eigenvalue weighted by Gasteiger charge is -2.04. The van der Waals surface area contributed by atoms with E-state index in [4.69, 9.17) is 4.74 Å². The van der Waals surface area contributed by atoms with Crippen LogP contribution in [0.5, 0.6) is 5.75 Å². The molecule has 0 saturated heterocycles. The summed E-state index contributed by atoms with van der Waals surface area (Å²) < 4.78 is 20.5. The summed E-state index contributed by atoms with van der Waals surface area (Å²) in [6.07, 6.45) is 0. The Bertz CT molecular complexity index is 1030. The van der Waals surface area contributed by atoms with E-state index in [1.807, 2.05) is 47.3 Å². The summed E-state index contributed by atoms with van der Waals surface area (Å²) in [5, 5.41) is 7.35. The maximum atomic E-state index is 12.9. The van der Waals surface area contributed by atoms with Gasteiger partial charge in [-0.05, 0) is 31.2 Å². The van der Waals surface area contributed by atoms with E-state index in [9.17, 15) is 4.39 Å². The number of nitrogens with zero attached hydrogens (tertiary/aromatic N) is 4. The third-order valence-electron chi connectivity index (χ3n) is 3.90. The van der Waals surface area contributed by atoms with Crippen LogP contribution in [-0.2, 0) is 13.2 Å². The summed E-state index contributed by atoms with van der Waals surface area (Å²) in [5.41, 5.74) is 1.92. The third-order valence-corrected chi connectivity index (χ3v) is 4.77. The molecule has 0 spiro atoms. The van der Waals surface area contributed by atoms with E-state index in [0.717, 1.165) is 27.9 Å². The van der Waals surface area contributed by atoms with Gasteiger partial charge in [0, 0.05) is 10.9 Å². The number of rotatable bonds is 6. The zero-order valence-corrected chi connectivity index (χ0v) is 15.5. The molecule has 2 heterocycles. The summed E-state index contributed by atoms with van der Waals surface area (Å²) in [6, 6.07) is 15.9. The number of hydrogen-bond donors (Lipinski definition) is 0. The van der Waals surface area contributed by atoms with Gasteiger partial charge in [0.25, 0.3) is 0 Å². The molecule has 5 nitrogen and oxygen atoms in total. The van der Waals surface area contributed by atoms with E-state index < -0.39 is 0 Å². The summed E-state index contributed by atoms with van der Waals surface area (Å²) in [6.45, 7) is 2.77. The van der Waals surface area contributed by atoms with Crippen LogP contribution < -0.4 is 4.74 Å². The molecule has 4 aromatic rings. The molecule has 0 N–H and O–H groups in total. The minimum atomic E-state index is -0.281. The van der Waals surface area contributed by atoms with Gasteiger partial charge in [0.05, 0.1) is 12.2 Å². The van der Waals surface area contributed by atoms with E-state index in [0.29, 0.717) is 18.9 Å². The topological polar surface area (TPSA) is 52.8 Å². The second kappa shape index (κ2) is 7.67. The Labute approximate surface area is 160 Å². The Kier molecular flexibility index (Phi) is 4.93. The molecule has 0 radical (unpaired) electrons. The lowest BCUT2D eigenvalue weighted by molar-refractivity contribution is 0.305. The van der Waals surface area contributed by atoms with E-state index in [1.54, 1.807) is 12.1 Å². The molecular formula is C20H17FN4OS. The van der Waals surface area contributed by atoms with Crippen molar-refractivity contribution in [3.63, 3.8) is 0 Å². The van der Waals surface area contributed by atoms with Crippen molar-refractivity contribution in [2.24, 2.45) is 0 Å². The van der Waals surface area contributed by atoms with E-state index >= 15 is 0 Å². The lowest BCUT2D eigenvalue weighted by Crippen LogP contribution is -2.05. The highest BCUT2D eigenvalue weighted by Gasteiger charge is 2.12. The standard InChI is InChI=1S/C20H17FN4OS/c1-14-22-20(15-5-3-2-4-6-15)25(24-14)11-17-13-27-19(23-17)12-26-18-9-7-16(21)8-10-18/h2-10,13H,11-12H2,1H3. The first-order valence-corrected chi connectivity index (χ1v) is 9.34. The van der Waals surface area contributed by atoms with Crippen molar-refractivity contribution < 1.29 is 9.13 Å². The van der Waals surface area contributed by atoms with Crippen molar-refractivity contribution >= 4 is 11.3 Å². The van der Waals surface area contributed by atoms with Gasteiger partial charge >= 0.3 is 0 Å². The fourth-order valence-electron chi connectivity index (χ4n) is 2.68. The molecule has 0 fully saturated rings. The molecule has 0 aliphatic heterocycles. The highest BCUT2D eigenvalue weighted by atomic mass is 32.1. The third kappa shape index (κ3) is 4.20. The van der Waals surface area contributed by atoms with Crippen LogP contribution in [0.4, 0.5) is 4.39 Å². The van der Waals surface area contributed by atoms with Crippen molar-refractivity contribution in [2.75, 3.05) is 0 Å². The van der Waals surface area contributed by atoms with Crippen LogP contribution in [0.3, 0.4) is 0 Å². The number of benzene rings is 2. The second-order valence-corrected chi connectivity index (χ2v) is 6.92. The van der Waals surface area contributed by atoms with Crippen molar-refractivity contribution in [2.45, 2.75) is 20.1 Å². The van der Waals surface area contributed by atoms with Crippen LogP contribution in [0.1, 0.15) is 16.5 Å². The van der Waals surface area contributed by atoms with Gasteiger partial charge < -0.3 is 4.74 Å². The van der Waals surface area contributed by atoms with E-state index in [-0.39, 0.29) is 5.82 Å². The molecule has 27 heavy (non-hydrogen) atoms. The predicted molar refractivity (Wildman–Crippen MR) is 102 cm³/mol. The number of thiazole rings is 1. The van der Waals surface area contributed by atoms with Crippen LogP contribution in [-0.4, -0.2) is 19.7 Å². The molecule has 0 saturated carbocycles. The van der Waals surface area contributed by atoms with Crippen LogP contribution in [0, 0.1) is 12.7 Å². The van der Waals surface area contributed by atoms with Crippen LogP contribution >= 0.6 is 11.3 Å². The van der Waals surface area contributed by atoms with Gasteiger partial charge in [-0.15, -0.1) is 11.3 Å². The van der Waals surface area contributed by atoms with E-state index in [2.05, 4.69) is 15.1 Å². The van der Waals surface area contributed by atoms with Crippen LogP contribution in [0.15, 0.2) is 60.0 Å². The first-order chi connectivity index (χ1) is 13.2. The number of aromatic nitrogens is 4. The molecular weight excluding hydrogens is 363 g/mol. The van der Waals surface area contributed by atoms with Gasteiger partial charge in [-0.3, -0.25) is 0 Å². The SMILES string of the molecule is Cc1nc(-c2ccccc2)n(Cc2csc(COc3ccc(F)cc3)n2)n1. The molecule has 0 atom stereocenters. The number of aryl methyl sites for hydroxylation is 1. The molecule has 2 aromatic heterocycles. The molecule has 0 aliphatic carbocycles. The molecule has 136 valence electrons. The molecule has 0 aliphatic rings. The molecule has 0 bridgehead atoms. The van der Waals surface area contributed by atoms with Gasteiger partial charge in [-0.1, -0.05) is 30.3 Å². The largest absolute Gasteiger partial charge is 0.486 e. The van der Waals surface area contributed by atoms with Crippen molar-refractivity contribution in [1.82, 2.24) is 19.7 Å². The van der Waals surface area contributed by atoms with Crippen molar-refractivity contribution in [1.29, 1.82) is 0 Å². The van der Waals surface area contributed by atoms with Gasteiger partial charge in [0.1, 0.15) is 29.0 Å². The molecule has 7 heteroatoms. The zero-order valence-electron chi connectivity index (χ0n) is 14.7. The molecule has 4 rings (SSSR count). The van der Waals surface area contributed by atoms with Crippen LogP contribution in [0.25, 0.3) is 11.4 Å². The monoisotopic (exact) mass is 380 g/mol. The Balaban J connectivity index is 1.46. The molecule has 0 amide bonds. The minimum Gasteiger partial charge on any atom is -0.486 e. The predicted octanol–water partition coefficient (Wildman–Crippen LogP) is 4.48. The Morgan fingerprint density at radius 3 is 2.59 bits per heavy atom. The molecule has 2 aromatic carbocycles. The average molecular weight is 380 g/mol. The number of halogens is 1.